The van der Waals surface area contributed by atoms with Crippen LogP contribution in [0.4, 0.5) is 10.5 Å². The first-order chi connectivity index (χ1) is 14.7. The van der Waals surface area contributed by atoms with Crippen molar-refractivity contribution in [2.45, 2.75) is 0 Å². The summed E-state index contributed by atoms with van der Waals surface area (Å²) in [6.07, 6.45) is 1.48. The fourth-order valence-electron chi connectivity index (χ4n) is 2.57. The number of rotatable bonds is 7. The molecule has 3 N–H and O–H groups in total. The number of amides is 4. The molecular weight excluding hydrogens is 465 g/mol. The summed E-state index contributed by atoms with van der Waals surface area (Å²) in [6, 6.07) is 11.1. The van der Waals surface area contributed by atoms with E-state index in [1.165, 1.54) is 18.2 Å². The molecule has 4 amide bonds. The van der Waals surface area contributed by atoms with E-state index >= 15 is 0 Å². The standard InChI is InChI=1S/C20H15Cl2N3O5S/c21-12-2-1-3-13(8-12)24-18(27)9-25-19(28)16(31-20(25)29)7-11-4-5-15(14(22)6-11)30-10-17(23)26/h1-8H,9-10H2,(H2,23,26)(H,24,27). The molecule has 1 saturated heterocycles. The van der Waals surface area contributed by atoms with Crippen LogP contribution in [0.5, 0.6) is 5.75 Å². The monoisotopic (exact) mass is 479 g/mol. The summed E-state index contributed by atoms with van der Waals surface area (Å²) in [5, 5.41) is 2.67. The van der Waals surface area contributed by atoms with Crippen molar-refractivity contribution in [2.75, 3.05) is 18.5 Å². The maximum Gasteiger partial charge on any atom is 0.294 e. The Bertz CT molecular complexity index is 1110. The van der Waals surface area contributed by atoms with Gasteiger partial charge in [-0.3, -0.25) is 24.1 Å². The summed E-state index contributed by atoms with van der Waals surface area (Å²) < 4.78 is 5.16. The van der Waals surface area contributed by atoms with Crippen LogP contribution in [0.2, 0.25) is 10.0 Å². The highest BCUT2D eigenvalue weighted by Gasteiger charge is 2.36. The third-order valence-corrected chi connectivity index (χ3v) is 5.35. The summed E-state index contributed by atoms with van der Waals surface area (Å²) in [5.41, 5.74) is 6.01. The number of thioether (sulfide) groups is 1. The van der Waals surface area contributed by atoms with Gasteiger partial charge in [0.15, 0.2) is 6.61 Å². The van der Waals surface area contributed by atoms with Gasteiger partial charge in [-0.15, -0.1) is 0 Å². The predicted molar refractivity (Wildman–Crippen MR) is 119 cm³/mol. The van der Waals surface area contributed by atoms with Crippen LogP contribution < -0.4 is 15.8 Å². The molecule has 11 heteroatoms. The minimum Gasteiger partial charge on any atom is -0.482 e. The summed E-state index contributed by atoms with van der Waals surface area (Å²) in [6.45, 7) is -0.760. The highest BCUT2D eigenvalue weighted by atomic mass is 35.5. The Balaban J connectivity index is 1.68. The Hall–Kier alpha value is -3.01. The van der Waals surface area contributed by atoms with Crippen LogP contribution in [0.1, 0.15) is 5.56 Å². The lowest BCUT2D eigenvalue weighted by Gasteiger charge is -2.12. The molecule has 0 atom stereocenters. The molecule has 0 unspecified atom stereocenters. The number of imide groups is 1. The van der Waals surface area contributed by atoms with Gasteiger partial charge < -0.3 is 15.8 Å². The molecule has 0 bridgehead atoms. The van der Waals surface area contributed by atoms with Crippen LogP contribution in [-0.4, -0.2) is 41.0 Å². The Kier molecular flexibility index (Phi) is 7.21. The number of primary amides is 1. The van der Waals surface area contributed by atoms with E-state index in [9.17, 15) is 19.2 Å². The third-order valence-electron chi connectivity index (χ3n) is 3.91. The number of halogens is 2. The van der Waals surface area contributed by atoms with E-state index in [1.807, 2.05) is 0 Å². The summed E-state index contributed by atoms with van der Waals surface area (Å²) in [4.78, 5) is 48.9. The number of hydrogen-bond donors (Lipinski definition) is 2. The van der Waals surface area contributed by atoms with E-state index < -0.39 is 29.5 Å². The minimum atomic E-state index is -0.645. The van der Waals surface area contributed by atoms with E-state index in [1.54, 1.807) is 30.3 Å². The zero-order chi connectivity index (χ0) is 22.5. The number of benzene rings is 2. The van der Waals surface area contributed by atoms with Crippen molar-refractivity contribution in [1.82, 2.24) is 4.90 Å². The molecule has 0 radical (unpaired) electrons. The van der Waals surface area contributed by atoms with Gasteiger partial charge in [0, 0.05) is 10.7 Å². The summed E-state index contributed by atoms with van der Waals surface area (Å²) in [5.74, 6) is -1.53. The Morgan fingerprint density at radius 3 is 2.61 bits per heavy atom. The molecule has 0 spiro atoms. The van der Waals surface area contributed by atoms with E-state index in [-0.39, 0.29) is 22.3 Å². The van der Waals surface area contributed by atoms with Crippen molar-refractivity contribution in [3.8, 4) is 5.75 Å². The van der Waals surface area contributed by atoms with Crippen molar-refractivity contribution in [3.63, 3.8) is 0 Å². The maximum atomic E-state index is 12.6. The van der Waals surface area contributed by atoms with Crippen LogP contribution >= 0.6 is 35.0 Å². The first-order valence-corrected chi connectivity index (χ1v) is 10.3. The van der Waals surface area contributed by atoms with Gasteiger partial charge in [0.05, 0.1) is 9.93 Å². The largest absolute Gasteiger partial charge is 0.482 e. The second-order valence-electron chi connectivity index (χ2n) is 6.27. The number of nitrogens with two attached hydrogens (primary N) is 1. The molecule has 2 aromatic carbocycles. The van der Waals surface area contributed by atoms with Crippen LogP contribution in [0, 0.1) is 0 Å². The van der Waals surface area contributed by atoms with Gasteiger partial charge in [-0.05, 0) is 53.7 Å². The second-order valence-corrected chi connectivity index (χ2v) is 8.11. The third kappa shape index (κ3) is 6.00. The van der Waals surface area contributed by atoms with E-state index in [0.29, 0.717) is 28.0 Å². The van der Waals surface area contributed by atoms with Crippen LogP contribution in [0.15, 0.2) is 47.4 Å². The lowest BCUT2D eigenvalue weighted by atomic mass is 10.2. The molecule has 0 aromatic heterocycles. The van der Waals surface area contributed by atoms with Gasteiger partial charge in [-0.25, -0.2) is 0 Å². The van der Waals surface area contributed by atoms with Crippen molar-refractivity contribution in [1.29, 1.82) is 0 Å². The topological polar surface area (TPSA) is 119 Å². The maximum absolute atomic E-state index is 12.6. The van der Waals surface area contributed by atoms with Crippen LogP contribution in [0.25, 0.3) is 6.08 Å². The minimum absolute atomic E-state index is 0.141. The number of nitrogens with zero attached hydrogens (tertiary/aromatic N) is 1. The lowest BCUT2D eigenvalue weighted by Crippen LogP contribution is -2.36. The normalized spacial score (nSPS) is 14.8. The van der Waals surface area contributed by atoms with Crippen molar-refractivity contribution in [2.24, 2.45) is 5.73 Å². The number of nitrogens with one attached hydrogen (secondary N) is 1. The zero-order valence-corrected chi connectivity index (χ0v) is 18.1. The molecule has 1 aliphatic heterocycles. The molecule has 160 valence electrons. The molecule has 3 rings (SSSR count). The zero-order valence-electron chi connectivity index (χ0n) is 15.8. The van der Waals surface area contributed by atoms with Gasteiger partial charge >= 0.3 is 0 Å². The average Bonchev–Trinajstić information content (AvgIpc) is 2.94. The second kappa shape index (κ2) is 9.86. The number of carbonyl (C=O) groups excluding carboxylic acids is 4. The lowest BCUT2D eigenvalue weighted by molar-refractivity contribution is -0.127. The fraction of sp³-hybridized carbons (Fsp3) is 0.100. The van der Waals surface area contributed by atoms with Crippen molar-refractivity contribution in [3.05, 3.63) is 63.0 Å². The SMILES string of the molecule is NC(=O)COc1ccc(C=C2SC(=O)N(CC(=O)Nc3cccc(Cl)c3)C2=O)cc1Cl. The number of ether oxygens (including phenoxy) is 1. The summed E-state index contributed by atoms with van der Waals surface area (Å²) >= 11 is 12.7. The molecule has 0 aliphatic carbocycles. The molecule has 1 fully saturated rings. The van der Waals surface area contributed by atoms with Crippen molar-refractivity contribution >= 4 is 69.7 Å². The average molecular weight is 480 g/mol. The van der Waals surface area contributed by atoms with E-state index in [2.05, 4.69) is 5.32 Å². The van der Waals surface area contributed by atoms with Gasteiger partial charge in [-0.1, -0.05) is 35.3 Å². The predicted octanol–water partition coefficient (Wildman–Crippen LogP) is 3.53. The first-order valence-electron chi connectivity index (χ1n) is 8.74. The molecule has 2 aromatic rings. The Morgan fingerprint density at radius 1 is 1.16 bits per heavy atom. The number of anilines is 1. The summed E-state index contributed by atoms with van der Waals surface area (Å²) in [7, 11) is 0. The Morgan fingerprint density at radius 2 is 1.94 bits per heavy atom. The van der Waals surface area contributed by atoms with Crippen LogP contribution in [0.3, 0.4) is 0 Å². The van der Waals surface area contributed by atoms with E-state index in [4.69, 9.17) is 33.7 Å². The van der Waals surface area contributed by atoms with Crippen LogP contribution in [-0.2, 0) is 14.4 Å². The highest BCUT2D eigenvalue weighted by molar-refractivity contribution is 8.18. The molecule has 31 heavy (non-hydrogen) atoms. The first kappa shape index (κ1) is 22.7. The van der Waals surface area contributed by atoms with Gasteiger partial charge in [0.1, 0.15) is 12.3 Å². The molecule has 0 saturated carbocycles. The number of carbonyl (C=O) groups is 4. The van der Waals surface area contributed by atoms with Gasteiger partial charge in [0.2, 0.25) is 5.91 Å². The quantitative estimate of drug-likeness (QED) is 0.586. The van der Waals surface area contributed by atoms with Gasteiger partial charge in [0.25, 0.3) is 17.1 Å². The number of hydrogen-bond acceptors (Lipinski definition) is 6. The van der Waals surface area contributed by atoms with Crippen molar-refractivity contribution < 1.29 is 23.9 Å². The highest BCUT2D eigenvalue weighted by Crippen LogP contribution is 2.33. The van der Waals surface area contributed by atoms with Gasteiger partial charge in [-0.2, -0.15) is 0 Å². The molecular formula is C20H15Cl2N3O5S. The molecule has 1 aliphatic rings. The molecule has 1 heterocycles. The smallest absolute Gasteiger partial charge is 0.294 e. The fourth-order valence-corrected chi connectivity index (χ4v) is 3.84. The molecule has 8 nitrogen and oxygen atoms in total. The Labute approximate surface area is 191 Å². The van der Waals surface area contributed by atoms with E-state index in [0.717, 1.165) is 4.90 Å².